The molecule has 26 heavy (non-hydrogen) atoms. The molecule has 1 heterocycles. The Morgan fingerprint density at radius 2 is 1.92 bits per heavy atom. The van der Waals surface area contributed by atoms with Crippen LogP contribution in [-0.4, -0.2) is 67.7 Å². The van der Waals surface area contributed by atoms with Crippen LogP contribution >= 0.6 is 0 Å². The minimum atomic E-state index is -0.604. The number of aliphatic hydroxyl groups is 1. The number of hydrogen-bond donors (Lipinski definition) is 2. The summed E-state index contributed by atoms with van der Waals surface area (Å²) in [5.74, 6) is 1.39. The van der Waals surface area contributed by atoms with Crippen LogP contribution < -0.4 is 14.8 Å². The van der Waals surface area contributed by atoms with Crippen molar-refractivity contribution in [3.05, 3.63) is 23.8 Å². The van der Waals surface area contributed by atoms with Crippen LogP contribution in [0.25, 0.3) is 0 Å². The van der Waals surface area contributed by atoms with Gasteiger partial charge in [-0.1, -0.05) is 6.07 Å². The summed E-state index contributed by atoms with van der Waals surface area (Å²) in [5.41, 5.74) is 0.563. The summed E-state index contributed by atoms with van der Waals surface area (Å²) in [6.07, 6.45) is -0.218. The summed E-state index contributed by atoms with van der Waals surface area (Å²) in [6.45, 7) is 6.88. The van der Waals surface area contributed by atoms with Crippen LogP contribution in [-0.2, 0) is 11.2 Å². The highest BCUT2D eigenvalue weighted by atomic mass is 16.6. The molecule has 146 valence electrons. The zero-order chi connectivity index (χ0) is 19.3. The second-order valence-electron chi connectivity index (χ2n) is 7.45. The molecule has 1 fully saturated rings. The lowest BCUT2D eigenvalue weighted by Gasteiger charge is -2.24. The lowest BCUT2D eigenvalue weighted by atomic mass is 10.1. The summed E-state index contributed by atoms with van der Waals surface area (Å²) >= 11 is 0. The Hall–Kier alpha value is -1.99. The maximum atomic E-state index is 12.1. The van der Waals surface area contributed by atoms with E-state index in [1.54, 1.807) is 19.1 Å². The zero-order valence-electron chi connectivity index (χ0n) is 16.2. The van der Waals surface area contributed by atoms with Crippen molar-refractivity contribution in [1.29, 1.82) is 0 Å². The fourth-order valence-corrected chi connectivity index (χ4v) is 2.90. The van der Waals surface area contributed by atoms with Crippen molar-refractivity contribution in [2.45, 2.75) is 44.9 Å². The monoisotopic (exact) mass is 366 g/mol. The molecule has 2 unspecified atom stereocenters. The standard InChI is InChI=1S/C19H30N2O5/c1-19(2,3)26-18(23)21-11-14(15(22)12-21)20-9-8-13-6-7-16(24-4)17(10-13)25-5/h6-7,10,14-15,20,22H,8-9,11-12H2,1-5H3. The number of amides is 1. The summed E-state index contributed by atoms with van der Waals surface area (Å²) in [5, 5.41) is 13.5. The summed E-state index contributed by atoms with van der Waals surface area (Å²) in [4.78, 5) is 13.7. The van der Waals surface area contributed by atoms with E-state index in [1.807, 2.05) is 39.0 Å². The van der Waals surface area contributed by atoms with E-state index in [1.165, 1.54) is 0 Å². The topological polar surface area (TPSA) is 80.3 Å². The fraction of sp³-hybridized carbons (Fsp3) is 0.632. The van der Waals surface area contributed by atoms with Gasteiger partial charge in [0.25, 0.3) is 0 Å². The van der Waals surface area contributed by atoms with Gasteiger partial charge < -0.3 is 29.5 Å². The minimum absolute atomic E-state index is 0.164. The molecule has 2 N–H and O–H groups in total. The predicted octanol–water partition coefficient (Wildman–Crippen LogP) is 1.82. The number of nitrogens with one attached hydrogen (secondary N) is 1. The normalized spacial score (nSPS) is 20.2. The van der Waals surface area contributed by atoms with Crippen LogP contribution in [0, 0.1) is 0 Å². The second kappa shape index (κ2) is 8.60. The van der Waals surface area contributed by atoms with Gasteiger partial charge in [0.1, 0.15) is 5.60 Å². The van der Waals surface area contributed by atoms with E-state index in [9.17, 15) is 9.90 Å². The Bertz CT molecular complexity index is 614. The Labute approximate surface area is 155 Å². The number of carbonyl (C=O) groups is 1. The molecule has 0 aliphatic carbocycles. The molecule has 2 atom stereocenters. The number of β-amino-alcohol motifs (C(OH)–C–C–N with tert-alkyl or cyclic N) is 1. The van der Waals surface area contributed by atoms with Crippen molar-refractivity contribution in [3.63, 3.8) is 0 Å². The van der Waals surface area contributed by atoms with Gasteiger partial charge in [-0.3, -0.25) is 0 Å². The zero-order valence-corrected chi connectivity index (χ0v) is 16.2. The lowest BCUT2D eigenvalue weighted by molar-refractivity contribution is 0.0270. The van der Waals surface area contributed by atoms with Crippen molar-refractivity contribution in [2.75, 3.05) is 33.9 Å². The third kappa shape index (κ3) is 5.51. The van der Waals surface area contributed by atoms with Gasteiger partial charge in [0.05, 0.1) is 32.9 Å². The highest BCUT2D eigenvalue weighted by Gasteiger charge is 2.35. The molecule has 1 aromatic rings. The lowest BCUT2D eigenvalue weighted by Crippen LogP contribution is -2.41. The first-order valence-corrected chi connectivity index (χ1v) is 8.84. The Kier molecular flexibility index (Phi) is 6.72. The number of carbonyl (C=O) groups excluding carboxylic acids is 1. The van der Waals surface area contributed by atoms with Gasteiger partial charge in [0, 0.05) is 6.54 Å². The number of ether oxygens (including phenoxy) is 3. The van der Waals surface area contributed by atoms with Gasteiger partial charge >= 0.3 is 6.09 Å². The van der Waals surface area contributed by atoms with E-state index in [0.717, 1.165) is 12.0 Å². The summed E-state index contributed by atoms with van der Waals surface area (Å²) in [6, 6.07) is 5.64. The van der Waals surface area contributed by atoms with Crippen LogP contribution in [0.4, 0.5) is 4.79 Å². The minimum Gasteiger partial charge on any atom is -0.493 e. The fourth-order valence-electron chi connectivity index (χ4n) is 2.90. The van der Waals surface area contributed by atoms with E-state index in [-0.39, 0.29) is 18.7 Å². The molecule has 0 spiro atoms. The molecule has 0 aromatic heterocycles. The summed E-state index contributed by atoms with van der Waals surface area (Å²) < 4.78 is 15.9. The number of aliphatic hydroxyl groups excluding tert-OH is 1. The Morgan fingerprint density at radius 3 is 2.54 bits per heavy atom. The van der Waals surface area contributed by atoms with E-state index in [4.69, 9.17) is 14.2 Å². The van der Waals surface area contributed by atoms with Crippen molar-refractivity contribution in [2.24, 2.45) is 0 Å². The third-order valence-electron chi connectivity index (χ3n) is 4.21. The maximum Gasteiger partial charge on any atom is 0.410 e. The van der Waals surface area contributed by atoms with Crippen molar-refractivity contribution < 1.29 is 24.1 Å². The average molecular weight is 366 g/mol. The van der Waals surface area contributed by atoms with Crippen molar-refractivity contribution in [1.82, 2.24) is 10.2 Å². The number of hydrogen-bond acceptors (Lipinski definition) is 6. The average Bonchev–Trinajstić information content (AvgIpc) is 2.94. The second-order valence-corrected chi connectivity index (χ2v) is 7.45. The third-order valence-corrected chi connectivity index (χ3v) is 4.21. The quantitative estimate of drug-likeness (QED) is 0.799. The van der Waals surface area contributed by atoms with E-state index < -0.39 is 11.7 Å². The number of nitrogens with zero attached hydrogens (tertiary/aromatic N) is 1. The molecule has 1 aliphatic rings. The number of likely N-dealkylation sites (tertiary alicyclic amines) is 1. The van der Waals surface area contributed by atoms with Gasteiger partial charge in [-0.2, -0.15) is 0 Å². The molecule has 1 saturated heterocycles. The number of rotatable bonds is 6. The predicted molar refractivity (Wildman–Crippen MR) is 98.9 cm³/mol. The molecule has 2 rings (SSSR count). The van der Waals surface area contributed by atoms with Crippen LogP contribution in [0.3, 0.4) is 0 Å². The van der Waals surface area contributed by atoms with Gasteiger partial charge in [-0.25, -0.2) is 4.79 Å². The molecule has 0 radical (unpaired) electrons. The molecule has 0 bridgehead atoms. The molecule has 1 aromatic carbocycles. The number of benzene rings is 1. The van der Waals surface area contributed by atoms with E-state index in [0.29, 0.717) is 24.6 Å². The van der Waals surface area contributed by atoms with Gasteiger partial charge in [-0.15, -0.1) is 0 Å². The highest BCUT2D eigenvalue weighted by Crippen LogP contribution is 2.27. The van der Waals surface area contributed by atoms with E-state index in [2.05, 4.69) is 5.32 Å². The first-order chi connectivity index (χ1) is 12.2. The molecular formula is C19H30N2O5. The molecular weight excluding hydrogens is 336 g/mol. The smallest absolute Gasteiger partial charge is 0.410 e. The van der Waals surface area contributed by atoms with Crippen LogP contribution in [0.2, 0.25) is 0 Å². The maximum absolute atomic E-state index is 12.1. The van der Waals surface area contributed by atoms with Gasteiger partial charge in [0.2, 0.25) is 0 Å². The number of methoxy groups -OCH3 is 2. The van der Waals surface area contributed by atoms with Crippen molar-refractivity contribution in [3.8, 4) is 11.5 Å². The molecule has 7 nitrogen and oxygen atoms in total. The largest absolute Gasteiger partial charge is 0.493 e. The first-order valence-electron chi connectivity index (χ1n) is 8.84. The molecule has 0 saturated carbocycles. The first kappa shape index (κ1) is 20.3. The molecule has 1 amide bonds. The molecule has 7 heteroatoms. The van der Waals surface area contributed by atoms with Crippen LogP contribution in [0.5, 0.6) is 11.5 Å². The van der Waals surface area contributed by atoms with E-state index >= 15 is 0 Å². The van der Waals surface area contributed by atoms with Crippen LogP contribution in [0.1, 0.15) is 26.3 Å². The van der Waals surface area contributed by atoms with Gasteiger partial charge in [0.15, 0.2) is 11.5 Å². The SMILES string of the molecule is COc1ccc(CCNC2CN(C(=O)OC(C)(C)C)CC2O)cc1OC. The highest BCUT2D eigenvalue weighted by molar-refractivity contribution is 5.68. The Balaban J connectivity index is 1.83. The summed E-state index contributed by atoms with van der Waals surface area (Å²) in [7, 11) is 3.22. The molecule has 1 aliphatic heterocycles. The van der Waals surface area contributed by atoms with Crippen LogP contribution in [0.15, 0.2) is 18.2 Å². The van der Waals surface area contributed by atoms with Gasteiger partial charge in [-0.05, 0) is 51.4 Å². The Morgan fingerprint density at radius 1 is 1.23 bits per heavy atom. The van der Waals surface area contributed by atoms with Crippen molar-refractivity contribution >= 4 is 6.09 Å².